The van der Waals surface area contributed by atoms with Crippen molar-refractivity contribution in [3.63, 3.8) is 0 Å². The molecule has 0 spiro atoms. The number of rotatable bonds is 4. The van der Waals surface area contributed by atoms with Gasteiger partial charge >= 0.3 is 0 Å². The molecule has 1 aromatic carbocycles. The molecule has 0 fully saturated rings. The fraction of sp³-hybridized carbons (Fsp3) is 0.263. The Bertz CT molecular complexity index is 878. The summed E-state index contributed by atoms with van der Waals surface area (Å²) in [6, 6.07) is 11.4. The Morgan fingerprint density at radius 1 is 1.28 bits per heavy atom. The number of aromatic hydroxyl groups is 1. The third-order valence-electron chi connectivity index (χ3n) is 4.61. The number of nitrogens with zero attached hydrogens (tertiary/aromatic N) is 3. The molecule has 0 aliphatic heterocycles. The number of halogens is 1. The van der Waals surface area contributed by atoms with E-state index < -0.39 is 0 Å². The summed E-state index contributed by atoms with van der Waals surface area (Å²) < 4.78 is 1.95. The van der Waals surface area contributed by atoms with Crippen LogP contribution in [0.15, 0.2) is 48.8 Å². The molecule has 0 bridgehead atoms. The molecular weight excluding hydrogens is 336 g/mol. The van der Waals surface area contributed by atoms with Crippen LogP contribution in [0.3, 0.4) is 0 Å². The van der Waals surface area contributed by atoms with Gasteiger partial charge in [-0.15, -0.1) is 0 Å². The van der Waals surface area contributed by atoms with E-state index in [0.717, 1.165) is 30.6 Å². The Morgan fingerprint density at radius 3 is 3.00 bits per heavy atom. The minimum atomic E-state index is 0.113. The normalized spacial score (nSPS) is 16.6. The summed E-state index contributed by atoms with van der Waals surface area (Å²) in [6.45, 7) is 0.693. The van der Waals surface area contributed by atoms with Crippen LogP contribution < -0.4 is 5.32 Å². The molecule has 25 heavy (non-hydrogen) atoms. The monoisotopic (exact) mass is 354 g/mol. The Kier molecular flexibility index (Phi) is 4.42. The summed E-state index contributed by atoms with van der Waals surface area (Å²) in [5, 5.41) is 18.1. The van der Waals surface area contributed by atoms with Gasteiger partial charge in [0.05, 0.1) is 16.9 Å². The highest BCUT2D eigenvalue weighted by atomic mass is 35.5. The van der Waals surface area contributed by atoms with E-state index >= 15 is 0 Å². The molecule has 2 heterocycles. The molecule has 0 saturated carbocycles. The predicted molar refractivity (Wildman–Crippen MR) is 97.0 cm³/mol. The lowest BCUT2D eigenvalue weighted by Gasteiger charge is -2.24. The zero-order valence-corrected chi connectivity index (χ0v) is 14.4. The van der Waals surface area contributed by atoms with Crippen LogP contribution in [0, 0.1) is 0 Å². The van der Waals surface area contributed by atoms with Gasteiger partial charge in [-0.05, 0) is 49.1 Å². The summed E-state index contributed by atoms with van der Waals surface area (Å²) in [7, 11) is 0. The van der Waals surface area contributed by atoms with E-state index in [4.69, 9.17) is 11.6 Å². The van der Waals surface area contributed by atoms with Crippen molar-refractivity contribution in [2.75, 3.05) is 0 Å². The fourth-order valence-corrected chi connectivity index (χ4v) is 3.55. The molecule has 1 aliphatic rings. The van der Waals surface area contributed by atoms with Gasteiger partial charge in [0.15, 0.2) is 5.82 Å². The first-order valence-electron chi connectivity index (χ1n) is 8.41. The van der Waals surface area contributed by atoms with Crippen molar-refractivity contribution in [3.8, 4) is 11.6 Å². The number of aromatic nitrogens is 3. The van der Waals surface area contributed by atoms with Crippen molar-refractivity contribution in [3.05, 3.63) is 70.6 Å². The molecule has 1 unspecified atom stereocenters. The number of fused-ring (bicyclic) bond motifs is 1. The molecule has 1 atom stereocenters. The van der Waals surface area contributed by atoms with Gasteiger partial charge in [-0.3, -0.25) is 0 Å². The topological polar surface area (TPSA) is 63.0 Å². The molecule has 0 saturated heterocycles. The minimum Gasteiger partial charge on any atom is -0.506 e. The first-order chi connectivity index (χ1) is 12.2. The number of phenolic OH excluding ortho intramolecular Hbond substituents is 1. The van der Waals surface area contributed by atoms with Crippen molar-refractivity contribution in [2.45, 2.75) is 31.8 Å². The molecule has 0 amide bonds. The van der Waals surface area contributed by atoms with Crippen LogP contribution in [0.1, 0.15) is 35.7 Å². The van der Waals surface area contributed by atoms with E-state index in [2.05, 4.69) is 15.4 Å². The summed E-state index contributed by atoms with van der Waals surface area (Å²) in [6.07, 6.45) is 6.93. The lowest BCUT2D eigenvalue weighted by molar-refractivity contribution is 0.453. The first kappa shape index (κ1) is 16.1. The van der Waals surface area contributed by atoms with Crippen molar-refractivity contribution in [1.29, 1.82) is 0 Å². The number of hydrogen-bond donors (Lipinski definition) is 2. The fourth-order valence-electron chi connectivity index (χ4n) is 3.35. The van der Waals surface area contributed by atoms with Gasteiger partial charge in [0.25, 0.3) is 0 Å². The molecule has 128 valence electrons. The molecule has 4 rings (SSSR count). The molecule has 1 aliphatic carbocycles. The van der Waals surface area contributed by atoms with Gasteiger partial charge in [-0.25, -0.2) is 9.67 Å². The van der Waals surface area contributed by atoms with E-state index in [1.807, 2.05) is 35.1 Å². The maximum atomic E-state index is 9.53. The average Bonchev–Trinajstić information content (AvgIpc) is 3.08. The van der Waals surface area contributed by atoms with Crippen LogP contribution in [0.5, 0.6) is 5.75 Å². The molecule has 2 N–H and O–H groups in total. The highest BCUT2D eigenvalue weighted by Crippen LogP contribution is 2.31. The number of phenols is 1. The van der Waals surface area contributed by atoms with Crippen LogP contribution in [-0.2, 0) is 13.0 Å². The number of pyridine rings is 1. The van der Waals surface area contributed by atoms with Gasteiger partial charge in [0.2, 0.25) is 0 Å². The van der Waals surface area contributed by atoms with Crippen LogP contribution in [0.2, 0.25) is 5.02 Å². The van der Waals surface area contributed by atoms with Crippen molar-refractivity contribution in [1.82, 2.24) is 20.1 Å². The smallest absolute Gasteiger partial charge is 0.153 e. The third-order valence-corrected chi connectivity index (χ3v) is 4.92. The van der Waals surface area contributed by atoms with Crippen LogP contribution in [0.4, 0.5) is 0 Å². The molecule has 6 heteroatoms. The number of nitrogens with one attached hydrogen (secondary N) is 1. The predicted octanol–water partition coefficient (Wildman–Crippen LogP) is 3.79. The second-order valence-electron chi connectivity index (χ2n) is 6.26. The second kappa shape index (κ2) is 6.86. The minimum absolute atomic E-state index is 0.113. The summed E-state index contributed by atoms with van der Waals surface area (Å²) in [4.78, 5) is 4.41. The lowest BCUT2D eigenvalue weighted by Crippen LogP contribution is -2.25. The highest BCUT2D eigenvalue weighted by Gasteiger charge is 2.24. The van der Waals surface area contributed by atoms with E-state index in [1.54, 1.807) is 18.3 Å². The van der Waals surface area contributed by atoms with E-state index in [9.17, 15) is 5.11 Å². The van der Waals surface area contributed by atoms with Gasteiger partial charge in [-0.1, -0.05) is 23.7 Å². The lowest BCUT2D eigenvalue weighted by atomic mass is 9.92. The van der Waals surface area contributed by atoms with Gasteiger partial charge in [0.1, 0.15) is 5.75 Å². The molecule has 5 nitrogen and oxygen atoms in total. The molecular formula is C19H19ClN4O. The van der Waals surface area contributed by atoms with Crippen LogP contribution >= 0.6 is 11.6 Å². The average molecular weight is 355 g/mol. The van der Waals surface area contributed by atoms with Crippen molar-refractivity contribution >= 4 is 11.6 Å². The number of hydrogen-bond acceptors (Lipinski definition) is 4. The maximum Gasteiger partial charge on any atom is 0.153 e. The van der Waals surface area contributed by atoms with E-state index in [-0.39, 0.29) is 11.8 Å². The highest BCUT2D eigenvalue weighted by molar-refractivity contribution is 6.32. The SMILES string of the molecule is Oc1ccc(CNC2CCCc3c2cnn3-c2ccccn2)cc1Cl. The van der Waals surface area contributed by atoms with Crippen LogP contribution in [0.25, 0.3) is 5.82 Å². The molecule has 0 radical (unpaired) electrons. The Hall–Kier alpha value is -2.37. The Morgan fingerprint density at radius 2 is 2.20 bits per heavy atom. The number of benzene rings is 1. The zero-order chi connectivity index (χ0) is 17.2. The van der Waals surface area contributed by atoms with E-state index in [0.29, 0.717) is 11.6 Å². The third kappa shape index (κ3) is 3.25. The van der Waals surface area contributed by atoms with E-state index in [1.165, 1.54) is 11.3 Å². The van der Waals surface area contributed by atoms with Gasteiger partial charge < -0.3 is 10.4 Å². The Balaban J connectivity index is 1.54. The van der Waals surface area contributed by atoms with Crippen molar-refractivity contribution in [2.24, 2.45) is 0 Å². The summed E-state index contributed by atoms with van der Waals surface area (Å²) in [5.74, 6) is 0.969. The maximum absolute atomic E-state index is 9.53. The quantitative estimate of drug-likeness (QED) is 0.748. The van der Waals surface area contributed by atoms with Crippen molar-refractivity contribution < 1.29 is 5.11 Å². The standard InChI is InChI=1S/C19H19ClN4O/c20-15-10-13(7-8-18(15)25)11-22-16-4-3-5-17-14(16)12-23-24(17)19-6-1-2-9-21-19/h1-2,6-10,12,16,22,25H,3-5,11H2. The Labute approximate surface area is 151 Å². The molecule has 2 aromatic heterocycles. The van der Waals surface area contributed by atoms with Crippen LogP contribution in [-0.4, -0.2) is 19.9 Å². The molecule has 3 aromatic rings. The summed E-state index contributed by atoms with van der Waals surface area (Å²) in [5.41, 5.74) is 3.51. The first-order valence-corrected chi connectivity index (χ1v) is 8.79. The zero-order valence-electron chi connectivity index (χ0n) is 13.7. The van der Waals surface area contributed by atoms with Gasteiger partial charge in [-0.2, -0.15) is 5.10 Å². The largest absolute Gasteiger partial charge is 0.506 e. The summed E-state index contributed by atoms with van der Waals surface area (Å²) >= 11 is 5.99. The second-order valence-corrected chi connectivity index (χ2v) is 6.67. The van der Waals surface area contributed by atoms with Gasteiger partial charge in [0, 0.05) is 24.3 Å².